The van der Waals surface area contributed by atoms with E-state index in [4.69, 9.17) is 14.2 Å². The number of esters is 2. The molecule has 0 rings (SSSR count). The minimum absolute atomic E-state index is 0.0115. The number of carbonyl (C=O) groups is 2. The van der Waals surface area contributed by atoms with Gasteiger partial charge in [-0.3, -0.25) is 9.59 Å². The second kappa shape index (κ2) is 53.4. The van der Waals surface area contributed by atoms with Crippen molar-refractivity contribution in [1.82, 2.24) is 0 Å². The fourth-order valence-corrected chi connectivity index (χ4v) is 6.42. The van der Waals surface area contributed by atoms with Gasteiger partial charge in [-0.2, -0.15) is 0 Å². The van der Waals surface area contributed by atoms with Crippen LogP contribution < -0.4 is 0 Å². The van der Waals surface area contributed by atoms with Gasteiger partial charge in [-0.1, -0.05) is 206 Å². The summed E-state index contributed by atoms with van der Waals surface area (Å²) in [6.45, 7) is 7.35. The number of rotatable bonds is 45. The summed E-state index contributed by atoms with van der Waals surface area (Å²) in [6.07, 6.45) is 76.3. The number of ether oxygens (including phenoxy) is 3. The maximum absolute atomic E-state index is 12.8. The maximum atomic E-state index is 12.8. The Kier molecular flexibility index (Phi) is 50.1. The Balaban J connectivity index is 4.50. The van der Waals surface area contributed by atoms with Crippen molar-refractivity contribution in [3.8, 4) is 0 Å². The lowest BCUT2D eigenvalue weighted by Gasteiger charge is -2.18. The summed E-state index contributed by atoms with van der Waals surface area (Å²) in [5.41, 5.74) is 0. The highest BCUT2D eigenvalue weighted by Gasteiger charge is 2.17. The van der Waals surface area contributed by atoms with Crippen molar-refractivity contribution >= 4 is 11.9 Å². The van der Waals surface area contributed by atoms with Gasteiger partial charge in [0.05, 0.1) is 6.61 Å². The molecule has 0 fully saturated rings. The molecule has 0 saturated heterocycles. The molecule has 0 aliphatic carbocycles. The Labute approximate surface area is 394 Å². The third kappa shape index (κ3) is 50.7. The minimum atomic E-state index is -0.608. The lowest BCUT2D eigenvalue weighted by molar-refractivity contribution is -0.162. The summed E-state index contributed by atoms with van der Waals surface area (Å²) in [6, 6.07) is 0. The van der Waals surface area contributed by atoms with Crippen molar-refractivity contribution in [3.63, 3.8) is 0 Å². The molecule has 0 radical (unpaired) electrons. The second-order valence-corrected chi connectivity index (χ2v) is 16.3. The minimum Gasteiger partial charge on any atom is -0.462 e. The predicted octanol–water partition coefficient (Wildman–Crippen LogP) is 17.6. The van der Waals surface area contributed by atoms with Crippen LogP contribution in [0.15, 0.2) is 134 Å². The van der Waals surface area contributed by atoms with E-state index in [2.05, 4.69) is 148 Å². The van der Waals surface area contributed by atoms with Gasteiger partial charge in [0.1, 0.15) is 6.61 Å². The first-order chi connectivity index (χ1) is 31.6. The van der Waals surface area contributed by atoms with Crippen LogP contribution in [0, 0.1) is 0 Å². The zero-order chi connectivity index (χ0) is 46.3. The van der Waals surface area contributed by atoms with Crippen molar-refractivity contribution < 1.29 is 23.8 Å². The normalized spacial score (nSPS) is 13.4. The monoisotopic (exact) mass is 883 g/mol. The van der Waals surface area contributed by atoms with Gasteiger partial charge in [0.2, 0.25) is 0 Å². The van der Waals surface area contributed by atoms with Crippen LogP contribution in [-0.4, -0.2) is 37.9 Å². The molecular formula is C59H94O5. The van der Waals surface area contributed by atoms with Gasteiger partial charge in [-0.05, 0) is 116 Å². The number of hydrogen-bond donors (Lipinski definition) is 0. The Morgan fingerprint density at radius 1 is 0.359 bits per heavy atom. The number of hydrogen-bond acceptors (Lipinski definition) is 5. The largest absolute Gasteiger partial charge is 0.462 e. The molecule has 1 atom stereocenters. The molecule has 0 saturated carbocycles. The molecule has 0 aliphatic heterocycles. The fourth-order valence-electron chi connectivity index (χ4n) is 6.42. The van der Waals surface area contributed by atoms with Crippen LogP contribution in [0.1, 0.15) is 201 Å². The van der Waals surface area contributed by atoms with Gasteiger partial charge in [0, 0.05) is 19.4 Å². The zero-order valence-corrected chi connectivity index (χ0v) is 41.2. The summed E-state index contributed by atoms with van der Waals surface area (Å²) in [4.78, 5) is 25.4. The van der Waals surface area contributed by atoms with Crippen LogP contribution in [0.2, 0.25) is 0 Å². The number of unbranched alkanes of at least 4 members (excludes halogenated alkanes) is 12. The Bertz CT molecular complexity index is 1370. The standard InChI is InChI=1S/C59H94O5/c1-4-7-10-13-16-19-22-25-28-29-30-31-33-34-37-40-43-46-49-52-58(60)63-56-57(55-62-54-51-48-45-42-39-36-27-24-21-18-15-12-9-6-3)64-59(61)53-50-47-44-41-38-35-32-26-23-20-17-14-11-8-5-2/h7,9-10,12,16,18-19,21,25-28,30-32,34,36-37,42-43,45-46,57H,4-6,8,11,13-15,17,20,22-24,29,33,35,38-41,44,47-56H2,1-3H3/b10-7-,12-9-,19-16-,21-18-,28-25-,31-30-,32-26-,36-27-,37-34-,45-42-,46-43-. The van der Waals surface area contributed by atoms with Crippen LogP contribution in [0.5, 0.6) is 0 Å². The molecule has 0 aliphatic rings. The van der Waals surface area contributed by atoms with Gasteiger partial charge in [0.25, 0.3) is 0 Å². The molecule has 0 aromatic carbocycles. The Hall–Kier alpha value is -3.96. The molecule has 5 nitrogen and oxygen atoms in total. The molecule has 64 heavy (non-hydrogen) atoms. The molecule has 5 heteroatoms. The third-order valence-corrected chi connectivity index (χ3v) is 10.2. The van der Waals surface area contributed by atoms with Crippen molar-refractivity contribution in [2.75, 3.05) is 19.8 Å². The molecule has 0 amide bonds. The first-order valence-corrected chi connectivity index (χ1v) is 25.7. The van der Waals surface area contributed by atoms with E-state index in [1.54, 1.807) is 0 Å². The maximum Gasteiger partial charge on any atom is 0.306 e. The van der Waals surface area contributed by atoms with Crippen molar-refractivity contribution in [1.29, 1.82) is 0 Å². The molecule has 0 aromatic rings. The summed E-state index contributed by atoms with van der Waals surface area (Å²) in [7, 11) is 0. The first kappa shape index (κ1) is 60.0. The average Bonchev–Trinajstić information content (AvgIpc) is 3.30. The fraction of sp³-hybridized carbons (Fsp3) is 0.593. The van der Waals surface area contributed by atoms with E-state index in [1.165, 1.54) is 57.8 Å². The summed E-state index contributed by atoms with van der Waals surface area (Å²) in [5.74, 6) is -0.544. The highest BCUT2D eigenvalue weighted by atomic mass is 16.6. The van der Waals surface area contributed by atoms with Gasteiger partial charge in [-0.15, -0.1) is 0 Å². The summed E-state index contributed by atoms with van der Waals surface area (Å²) < 4.78 is 17.2. The van der Waals surface area contributed by atoms with E-state index in [9.17, 15) is 9.59 Å². The van der Waals surface area contributed by atoms with E-state index in [1.807, 2.05) is 6.08 Å². The van der Waals surface area contributed by atoms with Gasteiger partial charge < -0.3 is 14.2 Å². The Morgan fingerprint density at radius 2 is 0.734 bits per heavy atom. The van der Waals surface area contributed by atoms with Gasteiger partial charge in [0.15, 0.2) is 6.10 Å². The highest BCUT2D eigenvalue weighted by Crippen LogP contribution is 2.12. The van der Waals surface area contributed by atoms with Gasteiger partial charge >= 0.3 is 11.9 Å². The third-order valence-electron chi connectivity index (χ3n) is 10.2. The van der Waals surface area contributed by atoms with E-state index in [0.717, 1.165) is 103 Å². The molecule has 0 bridgehead atoms. The lowest BCUT2D eigenvalue weighted by Crippen LogP contribution is -2.30. The van der Waals surface area contributed by atoms with E-state index < -0.39 is 6.10 Å². The second-order valence-electron chi connectivity index (χ2n) is 16.3. The van der Waals surface area contributed by atoms with Crippen LogP contribution in [-0.2, 0) is 23.8 Å². The molecule has 0 heterocycles. The van der Waals surface area contributed by atoms with Crippen LogP contribution in [0.3, 0.4) is 0 Å². The Morgan fingerprint density at radius 3 is 1.20 bits per heavy atom. The number of carbonyl (C=O) groups excluding carboxylic acids is 2. The molecule has 0 N–H and O–H groups in total. The smallest absolute Gasteiger partial charge is 0.306 e. The van der Waals surface area contributed by atoms with Crippen molar-refractivity contribution in [3.05, 3.63) is 134 Å². The van der Waals surface area contributed by atoms with Gasteiger partial charge in [-0.25, -0.2) is 0 Å². The topological polar surface area (TPSA) is 61.8 Å². The average molecular weight is 883 g/mol. The predicted molar refractivity (Wildman–Crippen MR) is 278 cm³/mol. The molecule has 0 aromatic heterocycles. The summed E-state index contributed by atoms with van der Waals surface area (Å²) >= 11 is 0. The van der Waals surface area contributed by atoms with E-state index in [-0.39, 0.29) is 31.6 Å². The highest BCUT2D eigenvalue weighted by molar-refractivity contribution is 5.70. The molecule has 1 unspecified atom stereocenters. The SMILES string of the molecule is CC/C=C\C/C=C\C/C=C\C/C=C\C/C=C\C/C=C\CCC(=O)OCC(COCCC/C=C\C/C=C\C/C=C\C/C=C\CC)OC(=O)CCCCCCC/C=C\CCCCCCCC. The zero-order valence-electron chi connectivity index (χ0n) is 41.2. The van der Waals surface area contributed by atoms with Crippen molar-refractivity contribution in [2.45, 2.75) is 207 Å². The quantitative estimate of drug-likeness (QED) is 0.0346. The van der Waals surface area contributed by atoms with E-state index >= 15 is 0 Å². The van der Waals surface area contributed by atoms with Crippen LogP contribution in [0.4, 0.5) is 0 Å². The molecular weight excluding hydrogens is 789 g/mol. The van der Waals surface area contributed by atoms with Crippen molar-refractivity contribution in [2.24, 2.45) is 0 Å². The van der Waals surface area contributed by atoms with Crippen LogP contribution >= 0.6 is 0 Å². The number of allylic oxidation sites excluding steroid dienone is 22. The van der Waals surface area contributed by atoms with Crippen LogP contribution in [0.25, 0.3) is 0 Å². The van der Waals surface area contributed by atoms with E-state index in [0.29, 0.717) is 19.4 Å². The summed E-state index contributed by atoms with van der Waals surface area (Å²) in [5, 5.41) is 0. The molecule has 0 spiro atoms. The lowest BCUT2D eigenvalue weighted by atomic mass is 10.1. The molecule has 360 valence electrons. The first-order valence-electron chi connectivity index (χ1n) is 25.7.